The Bertz CT molecular complexity index is 1170. The molecule has 2 atom stereocenters. The summed E-state index contributed by atoms with van der Waals surface area (Å²) in [5, 5.41) is 10.4. The molecule has 1 unspecified atom stereocenters. The SMILES string of the molecule is CS(=O)(=O)N1CCC[C@H]1C(O)CS(=O)(=O)c1ccc(Oc2ccc(OC(F)(F)F)cc2)cc1. The Kier molecular flexibility index (Phi) is 7.27. The molecular weight excluding hydrogens is 487 g/mol. The summed E-state index contributed by atoms with van der Waals surface area (Å²) in [6.45, 7) is 0.232. The molecule has 3 rings (SSSR count). The summed E-state index contributed by atoms with van der Waals surface area (Å²) in [4.78, 5) is -0.0910. The number of hydrogen-bond acceptors (Lipinski definition) is 7. The molecule has 2 aromatic carbocycles. The van der Waals surface area contributed by atoms with Crippen molar-refractivity contribution in [1.82, 2.24) is 4.31 Å². The monoisotopic (exact) mass is 509 g/mol. The van der Waals surface area contributed by atoms with E-state index in [9.17, 15) is 35.1 Å². The molecule has 0 aliphatic carbocycles. The number of sulfone groups is 1. The van der Waals surface area contributed by atoms with Gasteiger partial charge < -0.3 is 14.6 Å². The van der Waals surface area contributed by atoms with E-state index < -0.39 is 49.9 Å². The van der Waals surface area contributed by atoms with Crippen LogP contribution in [0, 0.1) is 0 Å². The van der Waals surface area contributed by atoms with Crippen LogP contribution in [0.2, 0.25) is 0 Å². The Balaban J connectivity index is 1.65. The summed E-state index contributed by atoms with van der Waals surface area (Å²) in [5.74, 6) is -0.618. The maximum absolute atomic E-state index is 12.7. The summed E-state index contributed by atoms with van der Waals surface area (Å²) in [7, 11) is -7.49. The van der Waals surface area contributed by atoms with Crippen molar-refractivity contribution in [3.63, 3.8) is 0 Å². The Labute approximate surface area is 189 Å². The van der Waals surface area contributed by atoms with Gasteiger partial charge in [-0.05, 0) is 61.4 Å². The Hall–Kier alpha value is -2.35. The van der Waals surface area contributed by atoms with Crippen LogP contribution in [-0.4, -0.2) is 63.3 Å². The van der Waals surface area contributed by atoms with E-state index in [0.29, 0.717) is 12.8 Å². The van der Waals surface area contributed by atoms with Crippen LogP contribution < -0.4 is 9.47 Å². The van der Waals surface area contributed by atoms with Crippen LogP contribution >= 0.6 is 0 Å². The van der Waals surface area contributed by atoms with Gasteiger partial charge in [0.15, 0.2) is 9.84 Å². The maximum Gasteiger partial charge on any atom is 0.573 e. The van der Waals surface area contributed by atoms with Crippen molar-refractivity contribution >= 4 is 19.9 Å². The van der Waals surface area contributed by atoms with Crippen molar-refractivity contribution in [3.8, 4) is 17.2 Å². The van der Waals surface area contributed by atoms with Crippen LogP contribution in [0.5, 0.6) is 17.2 Å². The minimum Gasteiger partial charge on any atom is -0.457 e. The maximum atomic E-state index is 12.7. The third kappa shape index (κ3) is 6.82. The first-order valence-electron chi connectivity index (χ1n) is 9.76. The third-order valence-corrected chi connectivity index (χ3v) is 8.06. The average molecular weight is 510 g/mol. The molecule has 13 heteroatoms. The van der Waals surface area contributed by atoms with E-state index in [0.717, 1.165) is 22.7 Å². The van der Waals surface area contributed by atoms with Crippen LogP contribution in [0.25, 0.3) is 0 Å². The van der Waals surface area contributed by atoms with E-state index >= 15 is 0 Å². The van der Waals surface area contributed by atoms with Gasteiger partial charge in [-0.1, -0.05) is 0 Å². The lowest BCUT2D eigenvalue weighted by molar-refractivity contribution is -0.274. The first kappa shape index (κ1) is 25.3. The van der Waals surface area contributed by atoms with Gasteiger partial charge >= 0.3 is 6.36 Å². The summed E-state index contributed by atoms with van der Waals surface area (Å²) in [5.41, 5.74) is 0. The van der Waals surface area contributed by atoms with Gasteiger partial charge in [-0.25, -0.2) is 16.8 Å². The number of aliphatic hydroxyl groups excluding tert-OH is 1. The van der Waals surface area contributed by atoms with Gasteiger partial charge in [0, 0.05) is 6.54 Å². The van der Waals surface area contributed by atoms with Crippen molar-refractivity contribution in [1.29, 1.82) is 0 Å². The lowest BCUT2D eigenvalue weighted by atomic mass is 10.1. The number of sulfonamides is 1. The zero-order chi connectivity index (χ0) is 24.4. The molecule has 0 saturated carbocycles. The van der Waals surface area contributed by atoms with E-state index in [1.165, 1.54) is 36.4 Å². The van der Waals surface area contributed by atoms with Crippen molar-refractivity contribution in [2.45, 2.75) is 36.2 Å². The van der Waals surface area contributed by atoms with Crippen molar-refractivity contribution in [2.24, 2.45) is 0 Å². The van der Waals surface area contributed by atoms with Crippen molar-refractivity contribution in [3.05, 3.63) is 48.5 Å². The predicted octanol–water partition coefficient (Wildman–Crippen LogP) is 2.94. The van der Waals surface area contributed by atoms with Crippen LogP contribution in [0.3, 0.4) is 0 Å². The lowest BCUT2D eigenvalue weighted by Gasteiger charge is -2.26. The zero-order valence-electron chi connectivity index (χ0n) is 17.4. The normalized spacial score (nSPS) is 18.8. The van der Waals surface area contributed by atoms with Gasteiger partial charge in [-0.3, -0.25) is 0 Å². The molecule has 1 N–H and O–H groups in total. The summed E-state index contributed by atoms with van der Waals surface area (Å²) in [6.07, 6.45) is -4.28. The number of hydrogen-bond donors (Lipinski definition) is 1. The fraction of sp³-hybridized carbons (Fsp3) is 0.400. The van der Waals surface area contributed by atoms with Gasteiger partial charge in [0.2, 0.25) is 10.0 Å². The molecule has 33 heavy (non-hydrogen) atoms. The molecular formula is C20H22F3NO7S2. The van der Waals surface area contributed by atoms with Crippen molar-refractivity contribution < 1.29 is 44.6 Å². The molecule has 0 amide bonds. The van der Waals surface area contributed by atoms with Crippen molar-refractivity contribution in [2.75, 3.05) is 18.6 Å². The number of benzene rings is 2. The second-order valence-electron chi connectivity index (χ2n) is 7.52. The van der Waals surface area contributed by atoms with Gasteiger partial charge in [0.25, 0.3) is 0 Å². The molecule has 1 aliphatic heterocycles. The van der Waals surface area contributed by atoms with Crippen LogP contribution in [-0.2, 0) is 19.9 Å². The first-order valence-corrected chi connectivity index (χ1v) is 13.3. The molecule has 0 radical (unpaired) electrons. The lowest BCUT2D eigenvalue weighted by Crippen LogP contribution is -2.44. The standard InChI is InChI=1S/C20H22F3NO7S2/c1-32(26,27)24-12-2-3-18(24)19(25)13-33(28,29)17-10-8-15(9-11-17)30-14-4-6-16(7-5-14)31-20(21,22)23/h4-11,18-19,25H,2-3,12-13H2,1H3/t18-,19?/m0/s1. The van der Waals surface area contributed by atoms with Crippen LogP contribution in [0.15, 0.2) is 53.4 Å². The Morgan fingerprint density at radius 2 is 1.52 bits per heavy atom. The number of halogens is 3. The molecule has 8 nitrogen and oxygen atoms in total. The van der Waals surface area contributed by atoms with Gasteiger partial charge in [0.05, 0.1) is 29.0 Å². The fourth-order valence-corrected chi connectivity index (χ4v) is 6.17. The topological polar surface area (TPSA) is 110 Å². The Morgan fingerprint density at radius 1 is 1.00 bits per heavy atom. The highest BCUT2D eigenvalue weighted by Crippen LogP contribution is 2.29. The second kappa shape index (κ2) is 9.49. The molecule has 1 aliphatic rings. The highest BCUT2D eigenvalue weighted by atomic mass is 32.2. The number of aliphatic hydroxyl groups is 1. The summed E-state index contributed by atoms with van der Waals surface area (Å²) < 4.78 is 96.1. The molecule has 1 fully saturated rings. The number of nitrogens with zero attached hydrogens (tertiary/aromatic N) is 1. The molecule has 1 heterocycles. The molecule has 1 saturated heterocycles. The van der Waals surface area contributed by atoms with E-state index in [4.69, 9.17) is 4.74 Å². The second-order valence-corrected chi connectivity index (χ2v) is 11.5. The first-order chi connectivity index (χ1) is 15.2. The van der Waals surface area contributed by atoms with E-state index in [1.54, 1.807) is 0 Å². The smallest absolute Gasteiger partial charge is 0.457 e. The zero-order valence-corrected chi connectivity index (χ0v) is 19.0. The van der Waals surface area contributed by atoms with Gasteiger partial charge in [-0.15, -0.1) is 13.2 Å². The summed E-state index contributed by atoms with van der Waals surface area (Å²) >= 11 is 0. The van der Waals surface area contributed by atoms with E-state index in [2.05, 4.69) is 4.74 Å². The Morgan fingerprint density at radius 3 is 2.03 bits per heavy atom. The molecule has 182 valence electrons. The molecule has 0 spiro atoms. The van der Waals surface area contributed by atoms with E-state index in [1.807, 2.05) is 0 Å². The third-order valence-electron chi connectivity index (χ3n) is 4.98. The quantitative estimate of drug-likeness (QED) is 0.583. The molecule has 0 aromatic heterocycles. The predicted molar refractivity (Wildman–Crippen MR) is 112 cm³/mol. The fourth-order valence-electron chi connectivity index (χ4n) is 3.55. The summed E-state index contributed by atoms with van der Waals surface area (Å²) in [6, 6.07) is 9.12. The minimum atomic E-state index is -4.81. The number of rotatable bonds is 8. The largest absolute Gasteiger partial charge is 0.573 e. The van der Waals surface area contributed by atoms with Crippen LogP contribution in [0.4, 0.5) is 13.2 Å². The molecule has 0 bridgehead atoms. The number of alkyl halides is 3. The van der Waals surface area contributed by atoms with Gasteiger partial charge in [0.1, 0.15) is 17.2 Å². The number of ether oxygens (including phenoxy) is 2. The average Bonchev–Trinajstić information content (AvgIpc) is 3.19. The van der Waals surface area contributed by atoms with E-state index in [-0.39, 0.29) is 22.9 Å². The van der Waals surface area contributed by atoms with Gasteiger partial charge in [-0.2, -0.15) is 4.31 Å². The highest BCUT2D eigenvalue weighted by Gasteiger charge is 2.38. The minimum absolute atomic E-state index is 0.0910. The highest BCUT2D eigenvalue weighted by molar-refractivity contribution is 7.91. The molecule has 2 aromatic rings. The van der Waals surface area contributed by atoms with Crippen LogP contribution in [0.1, 0.15) is 12.8 Å².